The van der Waals surface area contributed by atoms with Crippen molar-refractivity contribution in [2.24, 2.45) is 5.10 Å². The molecule has 0 radical (unpaired) electrons. The number of ether oxygens (including phenoxy) is 1. The van der Waals surface area contributed by atoms with Gasteiger partial charge in [-0.3, -0.25) is 4.79 Å². The number of nitrogens with one attached hydrogen (secondary N) is 1. The molecule has 0 aliphatic heterocycles. The van der Waals surface area contributed by atoms with Gasteiger partial charge in [0.1, 0.15) is 29.1 Å². The van der Waals surface area contributed by atoms with Crippen LogP contribution in [-0.2, 0) is 11.3 Å². The molecule has 0 aliphatic rings. The zero-order chi connectivity index (χ0) is 19.2. The number of fused-ring (bicyclic) bond motifs is 1. The maximum atomic E-state index is 12.0. The number of hydrogen-bond acceptors (Lipinski definition) is 5. The van der Waals surface area contributed by atoms with Crippen LogP contribution in [0.1, 0.15) is 5.56 Å². The quantitative estimate of drug-likeness (QED) is 0.416. The fourth-order valence-electron chi connectivity index (χ4n) is 2.60. The van der Waals surface area contributed by atoms with Gasteiger partial charge in [-0.1, -0.05) is 42.5 Å². The smallest absolute Gasteiger partial charge is 0.263 e. The van der Waals surface area contributed by atoms with Crippen LogP contribution in [0.4, 0.5) is 0 Å². The Balaban J connectivity index is 1.35. The molecule has 4 rings (SSSR count). The van der Waals surface area contributed by atoms with E-state index in [4.69, 9.17) is 4.74 Å². The summed E-state index contributed by atoms with van der Waals surface area (Å²) in [6, 6.07) is 24.4. The fraction of sp³-hybridized carbons (Fsp3) is 0.0476. The topological polar surface area (TPSA) is 81.4 Å². The van der Waals surface area contributed by atoms with Crippen LogP contribution in [0.2, 0.25) is 0 Å². The Kier molecular flexibility index (Phi) is 5.06. The SMILES string of the molecule is O=C(Cn1nc2ccccc2n1)NN=Cc1cccc(Oc2ccccc2)c1. The van der Waals surface area contributed by atoms with Crippen LogP contribution in [0.15, 0.2) is 84.0 Å². The molecule has 1 aromatic heterocycles. The lowest BCUT2D eigenvalue weighted by molar-refractivity contribution is -0.122. The van der Waals surface area contributed by atoms with Crippen LogP contribution in [0.5, 0.6) is 11.5 Å². The number of aromatic nitrogens is 3. The monoisotopic (exact) mass is 371 g/mol. The third-order valence-electron chi connectivity index (χ3n) is 3.85. The van der Waals surface area contributed by atoms with Crippen molar-refractivity contribution in [3.63, 3.8) is 0 Å². The average Bonchev–Trinajstić information content (AvgIpc) is 3.11. The molecule has 0 fully saturated rings. The lowest BCUT2D eigenvalue weighted by atomic mass is 10.2. The Morgan fingerprint density at radius 2 is 1.61 bits per heavy atom. The molecule has 0 atom stereocenters. The molecular weight excluding hydrogens is 354 g/mol. The van der Waals surface area contributed by atoms with Gasteiger partial charge in [0, 0.05) is 0 Å². The number of amides is 1. The molecule has 7 nitrogen and oxygen atoms in total. The van der Waals surface area contributed by atoms with Crippen molar-refractivity contribution in [3.8, 4) is 11.5 Å². The highest BCUT2D eigenvalue weighted by Gasteiger charge is 2.06. The van der Waals surface area contributed by atoms with E-state index < -0.39 is 0 Å². The van der Waals surface area contributed by atoms with Crippen LogP contribution < -0.4 is 10.2 Å². The molecular formula is C21H17N5O2. The molecule has 0 bridgehead atoms. The third-order valence-corrected chi connectivity index (χ3v) is 3.85. The summed E-state index contributed by atoms with van der Waals surface area (Å²) in [6.45, 7) is -0.0107. The van der Waals surface area contributed by atoms with E-state index >= 15 is 0 Å². The molecule has 0 saturated heterocycles. The number of carbonyl (C=O) groups excluding carboxylic acids is 1. The zero-order valence-electron chi connectivity index (χ0n) is 14.9. The number of hydrogen-bond donors (Lipinski definition) is 1. The summed E-state index contributed by atoms with van der Waals surface area (Å²) in [5.74, 6) is 1.13. The predicted molar refractivity (Wildman–Crippen MR) is 106 cm³/mol. The van der Waals surface area contributed by atoms with Gasteiger partial charge in [-0.15, -0.1) is 0 Å². The first-order valence-corrected chi connectivity index (χ1v) is 8.71. The number of benzene rings is 3. The van der Waals surface area contributed by atoms with Crippen LogP contribution in [0, 0.1) is 0 Å². The van der Waals surface area contributed by atoms with E-state index in [1.807, 2.05) is 78.9 Å². The summed E-state index contributed by atoms with van der Waals surface area (Å²) >= 11 is 0. The molecule has 3 aromatic carbocycles. The Morgan fingerprint density at radius 3 is 2.36 bits per heavy atom. The van der Waals surface area contributed by atoms with Crippen LogP contribution in [-0.4, -0.2) is 27.1 Å². The molecule has 0 spiro atoms. The van der Waals surface area contributed by atoms with Gasteiger partial charge in [0.15, 0.2) is 0 Å². The number of rotatable bonds is 6. The first kappa shape index (κ1) is 17.4. The van der Waals surface area contributed by atoms with Crippen molar-refractivity contribution in [3.05, 3.63) is 84.4 Å². The van der Waals surface area contributed by atoms with Crippen LogP contribution >= 0.6 is 0 Å². The minimum absolute atomic E-state index is 0.0107. The largest absolute Gasteiger partial charge is 0.457 e. The average molecular weight is 371 g/mol. The van der Waals surface area contributed by atoms with Crippen molar-refractivity contribution in [1.82, 2.24) is 20.4 Å². The maximum Gasteiger partial charge on any atom is 0.263 e. The maximum absolute atomic E-state index is 12.0. The first-order valence-electron chi connectivity index (χ1n) is 8.71. The van der Waals surface area contributed by atoms with E-state index in [2.05, 4.69) is 20.7 Å². The molecule has 0 unspecified atom stereocenters. The second-order valence-electron chi connectivity index (χ2n) is 6.00. The van der Waals surface area contributed by atoms with E-state index in [1.165, 1.54) is 4.80 Å². The number of nitrogens with zero attached hydrogens (tertiary/aromatic N) is 4. The minimum Gasteiger partial charge on any atom is -0.457 e. The summed E-state index contributed by atoms with van der Waals surface area (Å²) in [4.78, 5) is 13.4. The number of carbonyl (C=O) groups is 1. The minimum atomic E-state index is -0.312. The highest BCUT2D eigenvalue weighted by molar-refractivity contribution is 5.83. The Morgan fingerprint density at radius 1 is 0.929 bits per heavy atom. The predicted octanol–water partition coefficient (Wildman–Crippen LogP) is 3.37. The summed E-state index contributed by atoms with van der Waals surface area (Å²) in [5.41, 5.74) is 4.77. The standard InChI is InChI=1S/C21H17N5O2/c27-21(15-26-24-19-11-4-5-12-20(19)25-26)23-22-14-16-7-6-10-18(13-16)28-17-8-2-1-3-9-17/h1-14H,15H2,(H,23,27). The van der Waals surface area contributed by atoms with Crippen LogP contribution in [0.3, 0.4) is 0 Å². The Bertz CT molecular complexity index is 1090. The lowest BCUT2D eigenvalue weighted by Gasteiger charge is -2.05. The molecule has 28 heavy (non-hydrogen) atoms. The molecule has 138 valence electrons. The van der Waals surface area contributed by atoms with Crippen molar-refractivity contribution >= 4 is 23.2 Å². The molecule has 0 aliphatic carbocycles. The van der Waals surface area contributed by atoms with E-state index in [9.17, 15) is 4.79 Å². The van der Waals surface area contributed by atoms with E-state index in [1.54, 1.807) is 6.21 Å². The highest BCUT2D eigenvalue weighted by Crippen LogP contribution is 2.21. The number of hydrazone groups is 1. The van der Waals surface area contributed by atoms with Gasteiger partial charge in [0.2, 0.25) is 0 Å². The van der Waals surface area contributed by atoms with Crippen molar-refractivity contribution in [2.45, 2.75) is 6.54 Å². The van der Waals surface area contributed by atoms with Gasteiger partial charge < -0.3 is 4.74 Å². The Labute approximate surface area is 161 Å². The van der Waals surface area contributed by atoms with E-state index in [0.717, 1.165) is 22.3 Å². The first-order chi connectivity index (χ1) is 13.8. The van der Waals surface area contributed by atoms with E-state index in [0.29, 0.717) is 5.75 Å². The summed E-state index contributed by atoms with van der Waals surface area (Å²) in [6.07, 6.45) is 1.56. The van der Waals surface area contributed by atoms with Crippen LogP contribution in [0.25, 0.3) is 11.0 Å². The highest BCUT2D eigenvalue weighted by atomic mass is 16.5. The van der Waals surface area contributed by atoms with Crippen molar-refractivity contribution in [2.75, 3.05) is 0 Å². The van der Waals surface area contributed by atoms with Gasteiger partial charge in [-0.2, -0.15) is 20.1 Å². The molecule has 1 amide bonds. The summed E-state index contributed by atoms with van der Waals surface area (Å²) in [5, 5.41) is 12.5. The van der Waals surface area contributed by atoms with Gasteiger partial charge in [-0.25, -0.2) is 5.43 Å². The molecule has 4 aromatic rings. The van der Waals surface area contributed by atoms with Gasteiger partial charge >= 0.3 is 0 Å². The second kappa shape index (κ2) is 8.13. The zero-order valence-corrected chi connectivity index (χ0v) is 14.9. The molecule has 1 N–H and O–H groups in total. The molecule has 7 heteroatoms. The molecule has 0 saturated carbocycles. The molecule has 1 heterocycles. The van der Waals surface area contributed by atoms with E-state index in [-0.39, 0.29) is 12.5 Å². The number of para-hydroxylation sites is 1. The summed E-state index contributed by atoms with van der Waals surface area (Å²) < 4.78 is 5.79. The Hall–Kier alpha value is -4.00. The van der Waals surface area contributed by atoms with Gasteiger partial charge in [0.25, 0.3) is 5.91 Å². The van der Waals surface area contributed by atoms with Gasteiger partial charge in [0.05, 0.1) is 6.21 Å². The van der Waals surface area contributed by atoms with Gasteiger partial charge in [-0.05, 0) is 42.0 Å². The third kappa shape index (κ3) is 4.39. The second-order valence-corrected chi connectivity index (χ2v) is 6.00. The lowest BCUT2D eigenvalue weighted by Crippen LogP contribution is -2.24. The van der Waals surface area contributed by atoms with Crippen molar-refractivity contribution in [1.29, 1.82) is 0 Å². The normalized spacial score (nSPS) is 11.0. The fourth-order valence-corrected chi connectivity index (χ4v) is 2.60. The summed E-state index contributed by atoms with van der Waals surface area (Å²) in [7, 11) is 0. The van der Waals surface area contributed by atoms with Crippen molar-refractivity contribution < 1.29 is 9.53 Å².